The summed E-state index contributed by atoms with van der Waals surface area (Å²) in [6, 6.07) is 10.9. The van der Waals surface area contributed by atoms with E-state index in [9.17, 15) is 0 Å². The number of para-hydroxylation sites is 1. The van der Waals surface area contributed by atoms with Crippen LogP contribution >= 0.6 is 0 Å². The molecule has 2 rings (SSSR count). The molecule has 3 heteroatoms. The Morgan fingerprint density at radius 3 is 2.31 bits per heavy atom. The minimum absolute atomic E-state index is 0.281. The summed E-state index contributed by atoms with van der Waals surface area (Å²) in [5.41, 5.74) is 7.15. The van der Waals surface area contributed by atoms with Crippen molar-refractivity contribution in [1.82, 2.24) is 4.90 Å². The Kier molecular flexibility index (Phi) is 3.80. The van der Waals surface area contributed by atoms with Gasteiger partial charge in [0.15, 0.2) is 0 Å². The van der Waals surface area contributed by atoms with Crippen molar-refractivity contribution < 1.29 is 0 Å². The Morgan fingerprint density at radius 2 is 1.75 bits per heavy atom. The van der Waals surface area contributed by atoms with Gasteiger partial charge in [-0.15, -0.1) is 0 Å². The van der Waals surface area contributed by atoms with Crippen LogP contribution in [-0.4, -0.2) is 43.7 Å². The number of rotatable bonds is 3. The van der Waals surface area contributed by atoms with Gasteiger partial charge in [0.2, 0.25) is 0 Å². The molecule has 1 atom stereocenters. The molecule has 88 valence electrons. The van der Waals surface area contributed by atoms with Gasteiger partial charge in [-0.3, -0.25) is 4.90 Å². The summed E-state index contributed by atoms with van der Waals surface area (Å²) in [7, 11) is 0. The third kappa shape index (κ3) is 2.97. The number of piperazine rings is 1. The lowest BCUT2D eigenvalue weighted by molar-refractivity contribution is 0.247. The van der Waals surface area contributed by atoms with Gasteiger partial charge in [0.25, 0.3) is 0 Å². The van der Waals surface area contributed by atoms with Crippen LogP contribution in [0.4, 0.5) is 5.69 Å². The highest BCUT2D eigenvalue weighted by Gasteiger charge is 2.17. The Hall–Kier alpha value is -1.06. The van der Waals surface area contributed by atoms with Crippen molar-refractivity contribution in [3.05, 3.63) is 30.3 Å². The summed E-state index contributed by atoms with van der Waals surface area (Å²) in [4.78, 5) is 4.89. The zero-order chi connectivity index (χ0) is 11.4. The van der Waals surface area contributed by atoms with Gasteiger partial charge in [0.05, 0.1) is 0 Å². The summed E-state index contributed by atoms with van der Waals surface area (Å²) < 4.78 is 0. The number of nitrogens with two attached hydrogens (primary N) is 1. The average Bonchev–Trinajstić information content (AvgIpc) is 2.30. The molecule has 1 aliphatic heterocycles. The highest BCUT2D eigenvalue weighted by Crippen LogP contribution is 2.15. The maximum atomic E-state index is 5.81. The lowest BCUT2D eigenvalue weighted by Gasteiger charge is -2.36. The molecule has 1 unspecified atom stereocenters. The topological polar surface area (TPSA) is 32.5 Å². The Bertz CT molecular complexity index is 302. The van der Waals surface area contributed by atoms with Crippen LogP contribution in [-0.2, 0) is 0 Å². The van der Waals surface area contributed by atoms with Crippen molar-refractivity contribution in [2.45, 2.75) is 13.0 Å². The first-order chi connectivity index (χ1) is 7.75. The molecular weight excluding hydrogens is 198 g/mol. The van der Waals surface area contributed by atoms with E-state index in [1.165, 1.54) is 5.69 Å². The molecular formula is C13H21N3. The van der Waals surface area contributed by atoms with E-state index in [1.54, 1.807) is 0 Å². The highest BCUT2D eigenvalue weighted by molar-refractivity contribution is 5.46. The van der Waals surface area contributed by atoms with E-state index in [1.807, 2.05) is 0 Å². The van der Waals surface area contributed by atoms with E-state index >= 15 is 0 Å². The summed E-state index contributed by atoms with van der Waals surface area (Å²) in [6.45, 7) is 7.55. The molecule has 1 heterocycles. The second-order valence-electron chi connectivity index (χ2n) is 4.60. The largest absolute Gasteiger partial charge is 0.369 e. The van der Waals surface area contributed by atoms with Gasteiger partial charge in [-0.05, 0) is 19.1 Å². The summed E-state index contributed by atoms with van der Waals surface area (Å²) >= 11 is 0. The molecule has 0 aliphatic carbocycles. The Labute approximate surface area is 97.8 Å². The molecule has 16 heavy (non-hydrogen) atoms. The molecule has 0 spiro atoms. The third-order valence-electron chi connectivity index (χ3n) is 3.04. The predicted molar refractivity (Wildman–Crippen MR) is 68.7 cm³/mol. The highest BCUT2D eigenvalue weighted by atomic mass is 15.3. The number of hydrogen-bond acceptors (Lipinski definition) is 3. The summed E-state index contributed by atoms with van der Waals surface area (Å²) in [5.74, 6) is 0. The summed E-state index contributed by atoms with van der Waals surface area (Å²) in [5, 5.41) is 0. The van der Waals surface area contributed by atoms with E-state index in [0.717, 1.165) is 32.7 Å². The monoisotopic (exact) mass is 219 g/mol. The normalized spacial score (nSPS) is 19.8. The Balaban J connectivity index is 1.86. The van der Waals surface area contributed by atoms with Gasteiger partial charge in [0.1, 0.15) is 0 Å². The Morgan fingerprint density at radius 1 is 1.12 bits per heavy atom. The molecule has 1 aliphatic rings. The quantitative estimate of drug-likeness (QED) is 0.828. The van der Waals surface area contributed by atoms with Crippen LogP contribution in [0.15, 0.2) is 30.3 Å². The second-order valence-corrected chi connectivity index (χ2v) is 4.60. The second kappa shape index (κ2) is 5.32. The number of nitrogens with zero attached hydrogens (tertiary/aromatic N) is 2. The van der Waals surface area contributed by atoms with Gasteiger partial charge < -0.3 is 10.6 Å². The number of benzene rings is 1. The fraction of sp³-hybridized carbons (Fsp3) is 0.538. The molecule has 1 saturated heterocycles. The zero-order valence-electron chi connectivity index (χ0n) is 9.97. The lowest BCUT2D eigenvalue weighted by Crippen LogP contribution is -2.49. The lowest BCUT2D eigenvalue weighted by atomic mass is 10.2. The molecule has 0 bridgehead atoms. The van der Waals surface area contributed by atoms with Gasteiger partial charge in [-0.25, -0.2) is 0 Å². The first-order valence-electron chi connectivity index (χ1n) is 6.03. The van der Waals surface area contributed by atoms with Crippen LogP contribution in [0.5, 0.6) is 0 Å². The minimum atomic E-state index is 0.281. The first kappa shape index (κ1) is 11.4. The van der Waals surface area contributed by atoms with Gasteiger partial charge in [-0.2, -0.15) is 0 Å². The first-order valence-corrected chi connectivity index (χ1v) is 6.03. The van der Waals surface area contributed by atoms with E-state index < -0.39 is 0 Å². The van der Waals surface area contributed by atoms with E-state index in [-0.39, 0.29) is 6.04 Å². The number of anilines is 1. The molecule has 0 radical (unpaired) electrons. The zero-order valence-corrected chi connectivity index (χ0v) is 9.97. The molecule has 1 aromatic rings. The molecule has 1 aromatic carbocycles. The molecule has 1 fully saturated rings. The predicted octanol–water partition coefficient (Wildman–Crippen LogP) is 1.16. The standard InChI is InChI=1S/C13H21N3/c1-12(14)11-15-7-9-16(10-8-15)13-5-3-2-4-6-13/h2-6,12H,7-11,14H2,1H3. The minimum Gasteiger partial charge on any atom is -0.369 e. The van der Waals surface area contributed by atoms with E-state index in [0.29, 0.717) is 0 Å². The molecule has 0 saturated carbocycles. The molecule has 3 nitrogen and oxygen atoms in total. The van der Waals surface area contributed by atoms with Crippen molar-refractivity contribution in [3.8, 4) is 0 Å². The van der Waals surface area contributed by atoms with Crippen LogP contribution in [0.2, 0.25) is 0 Å². The fourth-order valence-corrected chi connectivity index (χ4v) is 2.23. The van der Waals surface area contributed by atoms with Crippen molar-refractivity contribution in [2.24, 2.45) is 5.73 Å². The van der Waals surface area contributed by atoms with Crippen molar-refractivity contribution >= 4 is 5.69 Å². The molecule has 2 N–H and O–H groups in total. The van der Waals surface area contributed by atoms with Crippen molar-refractivity contribution in [1.29, 1.82) is 0 Å². The molecule has 0 amide bonds. The number of hydrogen-bond donors (Lipinski definition) is 1. The van der Waals surface area contributed by atoms with Crippen LogP contribution in [0.25, 0.3) is 0 Å². The SMILES string of the molecule is CC(N)CN1CCN(c2ccccc2)CC1. The smallest absolute Gasteiger partial charge is 0.0367 e. The maximum Gasteiger partial charge on any atom is 0.0367 e. The molecule has 0 aromatic heterocycles. The van der Waals surface area contributed by atoms with Gasteiger partial charge in [-0.1, -0.05) is 18.2 Å². The van der Waals surface area contributed by atoms with E-state index in [2.05, 4.69) is 47.1 Å². The van der Waals surface area contributed by atoms with Crippen LogP contribution in [0, 0.1) is 0 Å². The van der Waals surface area contributed by atoms with Crippen molar-refractivity contribution in [2.75, 3.05) is 37.6 Å². The van der Waals surface area contributed by atoms with Crippen LogP contribution in [0.1, 0.15) is 6.92 Å². The summed E-state index contributed by atoms with van der Waals surface area (Å²) in [6.07, 6.45) is 0. The average molecular weight is 219 g/mol. The van der Waals surface area contributed by atoms with Crippen LogP contribution in [0.3, 0.4) is 0 Å². The van der Waals surface area contributed by atoms with Crippen molar-refractivity contribution in [3.63, 3.8) is 0 Å². The van der Waals surface area contributed by atoms with Crippen LogP contribution < -0.4 is 10.6 Å². The maximum absolute atomic E-state index is 5.81. The third-order valence-corrected chi connectivity index (χ3v) is 3.04. The van der Waals surface area contributed by atoms with Gasteiger partial charge >= 0.3 is 0 Å². The van der Waals surface area contributed by atoms with Gasteiger partial charge in [0, 0.05) is 44.5 Å². The van der Waals surface area contributed by atoms with E-state index in [4.69, 9.17) is 5.73 Å². The fourth-order valence-electron chi connectivity index (χ4n) is 2.23.